The smallest absolute Gasteiger partial charge is 0.135 e. The summed E-state index contributed by atoms with van der Waals surface area (Å²) in [6, 6.07) is 41.3. The van der Waals surface area contributed by atoms with Crippen molar-refractivity contribution in [2.24, 2.45) is 4.99 Å². The molecule has 3 heterocycles. The van der Waals surface area contributed by atoms with Crippen LogP contribution in [0.25, 0.3) is 54.9 Å². The molecule has 218 valence electrons. The summed E-state index contributed by atoms with van der Waals surface area (Å²) in [7, 11) is 0. The van der Waals surface area contributed by atoms with E-state index in [0.717, 1.165) is 47.0 Å². The number of aliphatic imine (C=N–C) groups is 1. The molecule has 9 rings (SSSR count). The topological polar surface area (TPSA) is 42.5 Å². The van der Waals surface area contributed by atoms with Crippen LogP contribution in [0.15, 0.2) is 148 Å². The summed E-state index contributed by atoms with van der Waals surface area (Å²) < 4.78 is 8.54. The van der Waals surface area contributed by atoms with E-state index in [1.54, 1.807) is 0 Å². The van der Waals surface area contributed by atoms with Crippen molar-refractivity contribution >= 4 is 49.6 Å². The van der Waals surface area contributed by atoms with Crippen LogP contribution in [-0.2, 0) is 5.54 Å². The van der Waals surface area contributed by atoms with Crippen LogP contribution >= 0.6 is 0 Å². The fourth-order valence-corrected chi connectivity index (χ4v) is 7.52. The summed E-state index contributed by atoms with van der Waals surface area (Å²) in [4.78, 5) is 5.55. The van der Waals surface area contributed by atoms with Gasteiger partial charge in [0, 0.05) is 21.5 Å². The van der Waals surface area contributed by atoms with Crippen molar-refractivity contribution < 1.29 is 4.42 Å². The SMILES string of the molecule is CCC1(c2ccccc2)NC(C2=CC=CCC2)N=C1n1c2ccccc2c2cc(-c3ccc4oc5ccccc5c4c3)ccc21. The lowest BCUT2D eigenvalue weighted by Gasteiger charge is -2.33. The van der Waals surface area contributed by atoms with Crippen LogP contribution in [0.4, 0.5) is 0 Å². The van der Waals surface area contributed by atoms with E-state index in [0.29, 0.717) is 0 Å². The Bertz CT molecular complexity index is 2350. The van der Waals surface area contributed by atoms with Gasteiger partial charge in [0.2, 0.25) is 0 Å². The fraction of sp³-hybridized carbons (Fsp3) is 0.146. The molecule has 1 N–H and O–H groups in total. The Labute approximate surface area is 262 Å². The van der Waals surface area contributed by atoms with Crippen LogP contribution in [0.2, 0.25) is 0 Å². The van der Waals surface area contributed by atoms with Crippen LogP contribution in [0, 0.1) is 0 Å². The van der Waals surface area contributed by atoms with Crippen molar-refractivity contribution in [3.63, 3.8) is 0 Å². The number of hydrogen-bond acceptors (Lipinski definition) is 3. The number of nitrogens with zero attached hydrogens (tertiary/aromatic N) is 2. The number of allylic oxidation sites excluding steroid dienone is 3. The molecule has 2 aliphatic rings. The van der Waals surface area contributed by atoms with Gasteiger partial charge in [-0.3, -0.25) is 9.88 Å². The molecule has 0 radical (unpaired) electrons. The quantitative estimate of drug-likeness (QED) is 0.224. The van der Waals surface area contributed by atoms with Gasteiger partial charge in [0.15, 0.2) is 0 Å². The number of nitrogens with one attached hydrogen (secondary N) is 1. The van der Waals surface area contributed by atoms with E-state index < -0.39 is 5.54 Å². The Kier molecular flexibility index (Phi) is 5.94. The maximum Gasteiger partial charge on any atom is 0.135 e. The molecule has 0 bridgehead atoms. The average molecular weight is 584 g/mol. The molecule has 2 aromatic heterocycles. The Hall–Kier alpha value is -5.19. The van der Waals surface area contributed by atoms with Crippen LogP contribution in [0.1, 0.15) is 31.7 Å². The number of rotatable bonds is 4. The lowest BCUT2D eigenvalue weighted by molar-refractivity contribution is 0.423. The largest absolute Gasteiger partial charge is 0.456 e. The van der Waals surface area contributed by atoms with E-state index in [1.807, 2.05) is 12.1 Å². The zero-order valence-electron chi connectivity index (χ0n) is 25.2. The van der Waals surface area contributed by atoms with Crippen molar-refractivity contribution in [2.45, 2.75) is 37.9 Å². The highest BCUT2D eigenvalue weighted by atomic mass is 16.3. The Balaban J connectivity index is 1.26. The number of benzene rings is 5. The summed E-state index contributed by atoms with van der Waals surface area (Å²) in [5.41, 5.74) is 8.69. The maximum absolute atomic E-state index is 6.12. The molecule has 45 heavy (non-hydrogen) atoms. The maximum atomic E-state index is 6.12. The first kappa shape index (κ1) is 26.2. The summed E-state index contributed by atoms with van der Waals surface area (Å²) >= 11 is 0. The average Bonchev–Trinajstić information content (AvgIpc) is 3.78. The minimum absolute atomic E-state index is 0.0721. The van der Waals surface area contributed by atoms with E-state index in [-0.39, 0.29) is 6.17 Å². The third-order valence-electron chi connectivity index (χ3n) is 9.80. The van der Waals surface area contributed by atoms with Crippen molar-refractivity contribution in [3.05, 3.63) is 145 Å². The van der Waals surface area contributed by atoms with Gasteiger partial charge in [-0.25, -0.2) is 4.99 Å². The van der Waals surface area contributed by atoms with Crippen LogP contribution < -0.4 is 5.32 Å². The lowest BCUT2D eigenvalue weighted by Crippen LogP contribution is -2.49. The van der Waals surface area contributed by atoms with Crippen molar-refractivity contribution in [3.8, 4) is 11.1 Å². The van der Waals surface area contributed by atoms with E-state index >= 15 is 0 Å². The Morgan fingerprint density at radius 1 is 0.756 bits per heavy atom. The second kappa shape index (κ2) is 10.2. The highest BCUT2D eigenvalue weighted by Gasteiger charge is 2.45. The van der Waals surface area contributed by atoms with E-state index in [4.69, 9.17) is 9.41 Å². The normalized spacial score (nSPS) is 20.0. The Morgan fingerprint density at radius 3 is 2.29 bits per heavy atom. The summed E-state index contributed by atoms with van der Waals surface area (Å²) in [5.74, 6) is 1.06. The van der Waals surface area contributed by atoms with Crippen LogP contribution in [-0.4, -0.2) is 16.6 Å². The van der Waals surface area contributed by atoms with Gasteiger partial charge in [-0.2, -0.15) is 0 Å². The minimum atomic E-state index is -0.436. The van der Waals surface area contributed by atoms with E-state index in [9.17, 15) is 0 Å². The summed E-state index contributed by atoms with van der Waals surface area (Å²) in [6.07, 6.45) is 9.54. The van der Waals surface area contributed by atoms with Crippen molar-refractivity contribution in [1.29, 1.82) is 0 Å². The molecular weight excluding hydrogens is 550 g/mol. The standard InChI is InChI=1S/C41H33N3O/c1-2-41(30-15-7-4-8-16-30)40(42-39(43-41)27-13-5-3-6-14-27)44-35-19-11-9-17-31(35)33-25-28(21-23-36(33)44)29-22-24-38-34(26-29)32-18-10-12-20-37(32)45-38/h3-5,7-13,15-26,39,43H,2,6,14H2,1H3. The molecule has 0 saturated carbocycles. The molecule has 0 spiro atoms. The van der Waals surface area contributed by atoms with Gasteiger partial charge in [-0.15, -0.1) is 0 Å². The molecular formula is C41H33N3O. The minimum Gasteiger partial charge on any atom is -0.456 e. The Morgan fingerprint density at radius 2 is 1.47 bits per heavy atom. The zero-order valence-corrected chi connectivity index (χ0v) is 25.2. The van der Waals surface area contributed by atoms with Gasteiger partial charge in [0.25, 0.3) is 0 Å². The predicted octanol–water partition coefficient (Wildman–Crippen LogP) is 10.1. The highest BCUT2D eigenvalue weighted by Crippen LogP contribution is 2.41. The number of para-hydroxylation sites is 2. The van der Waals surface area contributed by atoms with Crippen LogP contribution in [0.3, 0.4) is 0 Å². The van der Waals surface area contributed by atoms with Gasteiger partial charge in [-0.1, -0.05) is 104 Å². The third-order valence-corrected chi connectivity index (χ3v) is 9.80. The first-order chi connectivity index (χ1) is 22.2. The molecule has 1 aliphatic carbocycles. The number of fused-ring (bicyclic) bond motifs is 6. The molecule has 0 amide bonds. The summed E-state index contributed by atoms with van der Waals surface area (Å²) in [6.45, 7) is 2.27. The van der Waals surface area contributed by atoms with Gasteiger partial charge >= 0.3 is 0 Å². The van der Waals surface area contributed by atoms with Gasteiger partial charge in [0.1, 0.15) is 28.7 Å². The van der Waals surface area contributed by atoms with Crippen LogP contribution in [0.5, 0.6) is 0 Å². The van der Waals surface area contributed by atoms with Crippen molar-refractivity contribution in [2.75, 3.05) is 0 Å². The predicted molar refractivity (Wildman–Crippen MR) is 187 cm³/mol. The molecule has 4 nitrogen and oxygen atoms in total. The highest BCUT2D eigenvalue weighted by molar-refractivity contribution is 6.17. The molecule has 0 fully saturated rings. The molecule has 2 atom stereocenters. The number of hydrogen-bond donors (Lipinski definition) is 1. The second-order valence-corrected chi connectivity index (χ2v) is 12.2. The molecule has 4 heteroatoms. The lowest BCUT2D eigenvalue weighted by atomic mass is 9.85. The fourth-order valence-electron chi connectivity index (χ4n) is 7.52. The van der Waals surface area contributed by atoms with Gasteiger partial charge < -0.3 is 4.42 Å². The monoisotopic (exact) mass is 583 g/mol. The second-order valence-electron chi connectivity index (χ2n) is 12.2. The number of furan rings is 1. The zero-order chi connectivity index (χ0) is 30.0. The molecule has 7 aromatic rings. The molecule has 2 unspecified atom stereocenters. The number of aromatic nitrogens is 1. The van der Waals surface area contributed by atoms with Gasteiger partial charge in [0.05, 0.1) is 11.0 Å². The van der Waals surface area contributed by atoms with E-state index in [1.165, 1.54) is 44.1 Å². The summed E-state index contributed by atoms with van der Waals surface area (Å²) in [5, 5.41) is 8.79. The molecule has 0 saturated heterocycles. The van der Waals surface area contributed by atoms with E-state index in [2.05, 4.69) is 138 Å². The molecule has 1 aliphatic heterocycles. The third kappa shape index (κ3) is 3.99. The first-order valence-corrected chi connectivity index (χ1v) is 16.0. The molecule has 5 aromatic carbocycles. The first-order valence-electron chi connectivity index (χ1n) is 16.0. The van der Waals surface area contributed by atoms with Gasteiger partial charge in [-0.05, 0) is 77.9 Å². The van der Waals surface area contributed by atoms with Crippen molar-refractivity contribution in [1.82, 2.24) is 9.88 Å².